The summed E-state index contributed by atoms with van der Waals surface area (Å²) in [5, 5.41) is 9.97. The summed E-state index contributed by atoms with van der Waals surface area (Å²) in [6, 6.07) is 11.9. The van der Waals surface area contributed by atoms with Gasteiger partial charge in [-0.15, -0.1) is 11.3 Å². The van der Waals surface area contributed by atoms with E-state index >= 15 is 0 Å². The van der Waals surface area contributed by atoms with Crippen LogP contribution in [0.1, 0.15) is 28.2 Å². The lowest BCUT2D eigenvalue weighted by molar-refractivity contribution is -0.880. The number of carbonyl (C=O) groups is 1. The number of para-hydroxylation sites is 1. The van der Waals surface area contributed by atoms with Crippen molar-refractivity contribution in [2.45, 2.75) is 19.8 Å². The van der Waals surface area contributed by atoms with E-state index in [2.05, 4.69) is 22.7 Å². The second-order valence-corrected chi connectivity index (χ2v) is 7.77. The van der Waals surface area contributed by atoms with Crippen molar-refractivity contribution < 1.29 is 9.69 Å². The highest BCUT2D eigenvalue weighted by Crippen LogP contribution is 2.30. The van der Waals surface area contributed by atoms with Crippen LogP contribution in [0, 0.1) is 6.92 Å². The first-order valence-electron chi connectivity index (χ1n) is 8.83. The van der Waals surface area contributed by atoms with Gasteiger partial charge in [-0.25, -0.2) is 10.1 Å². The second-order valence-electron chi connectivity index (χ2n) is 6.74. The number of nitrogens with one attached hydrogen (secondary N) is 2. The number of amides is 1. The van der Waals surface area contributed by atoms with Crippen LogP contribution in [0.4, 0.5) is 0 Å². The number of aryl methyl sites for hydroxylation is 1. The molecule has 7 heteroatoms. The molecule has 0 atom stereocenters. The number of hydrogen-bond donors (Lipinski definition) is 2. The molecule has 0 radical (unpaired) electrons. The quantitative estimate of drug-likeness (QED) is 0.693. The molecule has 6 nitrogen and oxygen atoms in total. The maximum absolute atomic E-state index is 12.5. The SMILES string of the molecule is Cc1nn(-c2ccccc2)c2sc(C(=O)NN=C3CC[NH+](C)CC3)cc12. The molecule has 0 saturated carbocycles. The maximum atomic E-state index is 12.5. The van der Waals surface area contributed by atoms with Crippen molar-refractivity contribution in [3.05, 3.63) is 47.0 Å². The zero-order valence-corrected chi connectivity index (χ0v) is 15.8. The molecule has 4 rings (SSSR count). The van der Waals surface area contributed by atoms with Crippen LogP contribution in [0.15, 0.2) is 41.5 Å². The van der Waals surface area contributed by atoms with Crippen molar-refractivity contribution in [2.24, 2.45) is 5.10 Å². The average Bonchev–Trinajstić information content (AvgIpc) is 3.23. The molecule has 1 aromatic carbocycles. The first-order chi connectivity index (χ1) is 12.6. The molecular weight excluding hydrogens is 346 g/mol. The number of nitrogens with zero attached hydrogens (tertiary/aromatic N) is 3. The minimum absolute atomic E-state index is 0.149. The zero-order chi connectivity index (χ0) is 18.1. The molecule has 26 heavy (non-hydrogen) atoms. The summed E-state index contributed by atoms with van der Waals surface area (Å²) in [6.45, 7) is 4.12. The Kier molecular flexibility index (Phi) is 4.57. The largest absolute Gasteiger partial charge is 0.337 e. The molecule has 0 aliphatic carbocycles. The molecule has 3 heterocycles. The van der Waals surface area contributed by atoms with Gasteiger partial charge in [-0.3, -0.25) is 4.79 Å². The Morgan fingerprint density at radius 1 is 1.27 bits per heavy atom. The van der Waals surface area contributed by atoms with Crippen LogP contribution in [0.3, 0.4) is 0 Å². The van der Waals surface area contributed by atoms with Crippen LogP contribution in [-0.4, -0.2) is 41.5 Å². The normalized spacial score (nSPS) is 17.5. The van der Waals surface area contributed by atoms with Crippen LogP contribution in [-0.2, 0) is 0 Å². The fourth-order valence-electron chi connectivity index (χ4n) is 3.17. The van der Waals surface area contributed by atoms with Crippen molar-refractivity contribution in [1.82, 2.24) is 15.2 Å². The number of carbonyl (C=O) groups excluding carboxylic acids is 1. The van der Waals surface area contributed by atoms with Gasteiger partial charge < -0.3 is 4.90 Å². The van der Waals surface area contributed by atoms with E-state index in [4.69, 9.17) is 0 Å². The molecule has 134 valence electrons. The number of hydrogen-bond acceptors (Lipinski definition) is 4. The number of aromatic nitrogens is 2. The number of fused-ring (bicyclic) bond motifs is 1. The van der Waals surface area contributed by atoms with Crippen molar-refractivity contribution in [3.8, 4) is 5.69 Å². The topological polar surface area (TPSA) is 63.7 Å². The van der Waals surface area contributed by atoms with Crippen molar-refractivity contribution in [3.63, 3.8) is 0 Å². The summed E-state index contributed by atoms with van der Waals surface area (Å²) in [7, 11) is 2.19. The summed E-state index contributed by atoms with van der Waals surface area (Å²) in [5.74, 6) is -0.149. The predicted molar refractivity (Wildman–Crippen MR) is 104 cm³/mol. The summed E-state index contributed by atoms with van der Waals surface area (Å²) in [4.78, 5) is 15.7. The van der Waals surface area contributed by atoms with E-state index in [9.17, 15) is 4.79 Å². The first-order valence-corrected chi connectivity index (χ1v) is 9.65. The Morgan fingerprint density at radius 2 is 2.00 bits per heavy atom. The van der Waals surface area contributed by atoms with Crippen molar-refractivity contribution >= 4 is 33.2 Å². The van der Waals surface area contributed by atoms with Gasteiger partial charge in [0.05, 0.1) is 36.4 Å². The van der Waals surface area contributed by atoms with E-state index in [-0.39, 0.29) is 5.91 Å². The highest BCUT2D eigenvalue weighted by atomic mass is 32.1. The van der Waals surface area contributed by atoms with Crippen LogP contribution in [0.5, 0.6) is 0 Å². The number of hydrazone groups is 1. The smallest absolute Gasteiger partial charge is 0.281 e. The van der Waals surface area contributed by atoms with Gasteiger partial charge in [0, 0.05) is 23.9 Å². The van der Waals surface area contributed by atoms with Gasteiger partial charge in [-0.1, -0.05) is 18.2 Å². The molecular formula is C19H22N5OS+. The first kappa shape index (κ1) is 16.9. The second kappa shape index (κ2) is 7.01. The minimum Gasteiger partial charge on any atom is -0.337 e. The lowest BCUT2D eigenvalue weighted by Gasteiger charge is -2.20. The fourth-order valence-corrected chi connectivity index (χ4v) is 4.24. The highest BCUT2D eigenvalue weighted by molar-refractivity contribution is 7.20. The third-order valence-corrected chi connectivity index (χ3v) is 5.87. The molecule has 1 fully saturated rings. The van der Waals surface area contributed by atoms with E-state index in [1.165, 1.54) is 16.2 Å². The third-order valence-electron chi connectivity index (χ3n) is 4.77. The van der Waals surface area contributed by atoms with E-state index in [0.29, 0.717) is 4.88 Å². The number of piperidine rings is 1. The molecule has 0 unspecified atom stereocenters. The summed E-state index contributed by atoms with van der Waals surface area (Å²) >= 11 is 1.45. The number of quaternary nitrogens is 1. The van der Waals surface area contributed by atoms with Crippen LogP contribution in [0.2, 0.25) is 0 Å². The van der Waals surface area contributed by atoms with E-state index in [0.717, 1.165) is 53.2 Å². The van der Waals surface area contributed by atoms with E-state index in [1.807, 2.05) is 48.0 Å². The van der Waals surface area contributed by atoms with Gasteiger partial charge in [-0.05, 0) is 25.1 Å². The van der Waals surface area contributed by atoms with Gasteiger partial charge >= 0.3 is 0 Å². The van der Waals surface area contributed by atoms with E-state index in [1.54, 1.807) is 0 Å². The molecule has 2 aromatic heterocycles. The zero-order valence-electron chi connectivity index (χ0n) is 15.0. The molecule has 1 aliphatic heterocycles. The Bertz CT molecular complexity index is 963. The minimum atomic E-state index is -0.149. The van der Waals surface area contributed by atoms with Gasteiger partial charge in [0.2, 0.25) is 0 Å². The van der Waals surface area contributed by atoms with Crippen molar-refractivity contribution in [2.75, 3.05) is 20.1 Å². The lowest BCUT2D eigenvalue weighted by atomic mass is 10.1. The molecule has 0 bridgehead atoms. The lowest BCUT2D eigenvalue weighted by Crippen LogP contribution is -3.10. The fraction of sp³-hybridized carbons (Fsp3) is 0.316. The highest BCUT2D eigenvalue weighted by Gasteiger charge is 2.18. The molecule has 1 aliphatic rings. The number of benzene rings is 1. The van der Waals surface area contributed by atoms with Crippen LogP contribution < -0.4 is 10.3 Å². The molecule has 3 aromatic rings. The summed E-state index contributed by atoms with van der Waals surface area (Å²) in [6.07, 6.45) is 1.89. The Hall–Kier alpha value is -2.51. The molecule has 0 spiro atoms. The Morgan fingerprint density at radius 3 is 2.73 bits per heavy atom. The number of rotatable bonds is 3. The Labute approximate surface area is 156 Å². The number of likely N-dealkylation sites (tertiary alicyclic amines) is 1. The molecule has 1 saturated heterocycles. The van der Waals surface area contributed by atoms with E-state index < -0.39 is 0 Å². The van der Waals surface area contributed by atoms with Crippen LogP contribution in [0.25, 0.3) is 15.9 Å². The third kappa shape index (κ3) is 3.27. The monoisotopic (exact) mass is 368 g/mol. The average molecular weight is 368 g/mol. The van der Waals surface area contributed by atoms with Crippen LogP contribution >= 0.6 is 11.3 Å². The maximum Gasteiger partial charge on any atom is 0.281 e. The van der Waals surface area contributed by atoms with Gasteiger partial charge in [0.15, 0.2) is 0 Å². The molecule has 2 N–H and O–H groups in total. The van der Waals surface area contributed by atoms with Gasteiger partial charge in [-0.2, -0.15) is 10.2 Å². The predicted octanol–water partition coefficient (Wildman–Crippen LogP) is 1.79. The van der Waals surface area contributed by atoms with Gasteiger partial charge in [0.1, 0.15) is 4.83 Å². The molecule has 1 amide bonds. The number of thiophene rings is 1. The van der Waals surface area contributed by atoms with Crippen molar-refractivity contribution in [1.29, 1.82) is 0 Å². The Balaban J connectivity index is 1.58. The van der Waals surface area contributed by atoms with Gasteiger partial charge in [0.25, 0.3) is 5.91 Å². The summed E-state index contributed by atoms with van der Waals surface area (Å²) < 4.78 is 1.90. The standard InChI is InChI=1S/C19H21N5OS/c1-13-16-12-17(18(25)21-20-14-8-10-23(2)11-9-14)26-19(16)24(22-13)15-6-4-3-5-7-15/h3-7,12H,8-11H2,1-2H3,(H,21,25)/p+1. The summed E-state index contributed by atoms with van der Waals surface area (Å²) in [5.41, 5.74) is 5.73.